The molecule has 1 aromatic carbocycles. The SMILES string of the molecule is COc1cccc(COCCC(C)CCS(=O)(=O)Cl)c1. The van der Waals surface area contributed by atoms with E-state index in [9.17, 15) is 8.42 Å². The van der Waals surface area contributed by atoms with Crippen LogP contribution in [-0.2, 0) is 20.4 Å². The molecule has 0 saturated heterocycles. The summed E-state index contributed by atoms with van der Waals surface area (Å²) in [6.45, 7) is 3.12. The number of halogens is 1. The Bertz CT molecular complexity index is 502. The second kappa shape index (κ2) is 8.49. The van der Waals surface area contributed by atoms with E-state index < -0.39 is 9.05 Å². The smallest absolute Gasteiger partial charge is 0.232 e. The van der Waals surface area contributed by atoms with Crippen molar-refractivity contribution in [3.63, 3.8) is 0 Å². The van der Waals surface area contributed by atoms with Gasteiger partial charge in [-0.1, -0.05) is 19.1 Å². The van der Waals surface area contributed by atoms with Crippen molar-refractivity contribution in [2.75, 3.05) is 19.5 Å². The summed E-state index contributed by atoms with van der Waals surface area (Å²) in [5.41, 5.74) is 1.06. The molecule has 1 atom stereocenters. The molecule has 0 bridgehead atoms. The Labute approximate surface area is 125 Å². The maximum Gasteiger partial charge on any atom is 0.232 e. The van der Waals surface area contributed by atoms with E-state index in [0.717, 1.165) is 17.7 Å². The van der Waals surface area contributed by atoms with Crippen molar-refractivity contribution in [2.24, 2.45) is 5.92 Å². The van der Waals surface area contributed by atoms with Gasteiger partial charge in [0.15, 0.2) is 0 Å². The topological polar surface area (TPSA) is 52.6 Å². The zero-order chi connectivity index (χ0) is 15.0. The predicted molar refractivity (Wildman–Crippen MR) is 80.7 cm³/mol. The summed E-state index contributed by atoms with van der Waals surface area (Å²) in [6, 6.07) is 7.72. The molecule has 0 spiro atoms. The van der Waals surface area contributed by atoms with Crippen LogP contribution in [0.5, 0.6) is 5.75 Å². The first-order chi connectivity index (χ1) is 9.40. The molecule has 4 nitrogen and oxygen atoms in total. The highest BCUT2D eigenvalue weighted by atomic mass is 35.7. The van der Waals surface area contributed by atoms with Crippen LogP contribution in [0.1, 0.15) is 25.3 Å². The summed E-state index contributed by atoms with van der Waals surface area (Å²) in [5, 5.41) is 0. The van der Waals surface area contributed by atoms with Gasteiger partial charge in [0, 0.05) is 17.3 Å². The largest absolute Gasteiger partial charge is 0.497 e. The maximum absolute atomic E-state index is 10.8. The van der Waals surface area contributed by atoms with Crippen molar-refractivity contribution >= 4 is 19.7 Å². The Morgan fingerprint density at radius 3 is 2.70 bits per heavy atom. The number of hydrogen-bond acceptors (Lipinski definition) is 4. The highest BCUT2D eigenvalue weighted by Gasteiger charge is 2.09. The fourth-order valence-electron chi connectivity index (χ4n) is 1.72. The monoisotopic (exact) mass is 320 g/mol. The van der Waals surface area contributed by atoms with Gasteiger partial charge >= 0.3 is 0 Å². The molecule has 0 aliphatic heterocycles. The molecule has 1 rings (SSSR count). The van der Waals surface area contributed by atoms with E-state index in [0.29, 0.717) is 19.6 Å². The van der Waals surface area contributed by atoms with E-state index in [-0.39, 0.29) is 11.7 Å². The van der Waals surface area contributed by atoms with Gasteiger partial charge in [0.2, 0.25) is 9.05 Å². The van der Waals surface area contributed by atoms with E-state index in [1.165, 1.54) is 0 Å². The molecule has 20 heavy (non-hydrogen) atoms. The van der Waals surface area contributed by atoms with Gasteiger partial charge < -0.3 is 9.47 Å². The standard InChI is InChI=1S/C14H21ClO4S/c1-12(7-9-20(15,16)17)6-8-19-11-13-4-3-5-14(10-13)18-2/h3-5,10,12H,6-9,11H2,1-2H3. The molecular formula is C14H21ClO4S. The number of rotatable bonds is 9. The predicted octanol–water partition coefficient (Wildman–Crippen LogP) is 3.20. The van der Waals surface area contributed by atoms with E-state index in [4.69, 9.17) is 20.2 Å². The van der Waals surface area contributed by atoms with Crippen molar-refractivity contribution in [2.45, 2.75) is 26.4 Å². The summed E-state index contributed by atoms with van der Waals surface area (Å²) < 4.78 is 32.4. The van der Waals surface area contributed by atoms with E-state index >= 15 is 0 Å². The van der Waals surface area contributed by atoms with Crippen molar-refractivity contribution in [1.29, 1.82) is 0 Å². The average Bonchev–Trinajstić information content (AvgIpc) is 2.41. The van der Waals surface area contributed by atoms with E-state index in [1.54, 1.807) is 7.11 Å². The minimum absolute atomic E-state index is 0.0195. The van der Waals surface area contributed by atoms with Gasteiger partial charge in [0.25, 0.3) is 0 Å². The molecule has 0 radical (unpaired) electrons. The van der Waals surface area contributed by atoms with Crippen LogP contribution >= 0.6 is 10.7 Å². The quantitative estimate of drug-likeness (QED) is 0.518. The van der Waals surface area contributed by atoms with Gasteiger partial charge in [-0.2, -0.15) is 0 Å². The second-order valence-corrected chi connectivity index (χ2v) is 7.73. The number of ether oxygens (including phenoxy) is 2. The molecule has 0 fully saturated rings. The van der Waals surface area contributed by atoms with Gasteiger partial charge in [0.05, 0.1) is 19.5 Å². The van der Waals surface area contributed by atoms with Gasteiger partial charge in [-0.3, -0.25) is 0 Å². The maximum atomic E-state index is 10.8. The zero-order valence-electron chi connectivity index (χ0n) is 11.8. The lowest BCUT2D eigenvalue weighted by atomic mass is 10.1. The summed E-state index contributed by atoms with van der Waals surface area (Å²) in [4.78, 5) is 0. The van der Waals surface area contributed by atoms with Crippen LogP contribution in [0.2, 0.25) is 0 Å². The Hall–Kier alpha value is -0.780. The molecule has 0 amide bonds. The summed E-state index contributed by atoms with van der Waals surface area (Å²) in [5.74, 6) is 1.10. The number of benzene rings is 1. The van der Waals surface area contributed by atoms with Crippen LogP contribution < -0.4 is 4.74 Å². The first-order valence-corrected chi connectivity index (χ1v) is 9.01. The van der Waals surface area contributed by atoms with Crippen molar-refractivity contribution in [1.82, 2.24) is 0 Å². The zero-order valence-corrected chi connectivity index (χ0v) is 13.4. The molecule has 0 aliphatic carbocycles. The molecular weight excluding hydrogens is 300 g/mol. The molecule has 1 unspecified atom stereocenters. The highest BCUT2D eigenvalue weighted by molar-refractivity contribution is 8.13. The molecule has 0 heterocycles. The molecule has 0 aromatic heterocycles. The van der Waals surface area contributed by atoms with Gasteiger partial charge in [-0.25, -0.2) is 8.42 Å². The van der Waals surface area contributed by atoms with E-state index in [2.05, 4.69) is 0 Å². The lowest BCUT2D eigenvalue weighted by molar-refractivity contribution is 0.108. The number of hydrogen-bond donors (Lipinski definition) is 0. The van der Waals surface area contributed by atoms with Crippen molar-refractivity contribution < 1.29 is 17.9 Å². The molecule has 0 N–H and O–H groups in total. The van der Waals surface area contributed by atoms with Crippen molar-refractivity contribution in [3.8, 4) is 5.75 Å². The van der Waals surface area contributed by atoms with Crippen LogP contribution in [0.15, 0.2) is 24.3 Å². The Morgan fingerprint density at radius 2 is 2.05 bits per heavy atom. The third-order valence-electron chi connectivity index (χ3n) is 3.01. The average molecular weight is 321 g/mol. The summed E-state index contributed by atoms with van der Waals surface area (Å²) in [7, 11) is 3.42. The highest BCUT2D eigenvalue weighted by Crippen LogP contribution is 2.15. The van der Waals surface area contributed by atoms with Gasteiger partial charge in [-0.15, -0.1) is 0 Å². The van der Waals surface area contributed by atoms with Crippen molar-refractivity contribution in [3.05, 3.63) is 29.8 Å². The lowest BCUT2D eigenvalue weighted by Crippen LogP contribution is -2.07. The third kappa shape index (κ3) is 7.72. The minimum atomic E-state index is -3.38. The first-order valence-electron chi connectivity index (χ1n) is 6.53. The molecule has 114 valence electrons. The van der Waals surface area contributed by atoms with Gasteiger partial charge in [0.1, 0.15) is 5.75 Å². The lowest BCUT2D eigenvalue weighted by Gasteiger charge is -2.11. The third-order valence-corrected chi connectivity index (χ3v) is 4.20. The molecule has 0 aliphatic rings. The normalized spacial score (nSPS) is 13.2. The number of methoxy groups -OCH3 is 1. The minimum Gasteiger partial charge on any atom is -0.497 e. The Balaban J connectivity index is 2.21. The van der Waals surface area contributed by atoms with Crippen LogP contribution in [-0.4, -0.2) is 27.9 Å². The van der Waals surface area contributed by atoms with Crippen LogP contribution in [0.3, 0.4) is 0 Å². The van der Waals surface area contributed by atoms with Gasteiger partial charge in [-0.05, 0) is 36.5 Å². The summed E-state index contributed by atoms with van der Waals surface area (Å²) in [6.07, 6.45) is 1.38. The fraction of sp³-hybridized carbons (Fsp3) is 0.571. The molecule has 6 heteroatoms. The Morgan fingerprint density at radius 1 is 1.30 bits per heavy atom. The van der Waals surface area contributed by atoms with Crippen LogP contribution in [0.4, 0.5) is 0 Å². The first kappa shape index (κ1) is 17.3. The fourth-order valence-corrected chi connectivity index (χ4v) is 2.67. The second-order valence-electron chi connectivity index (χ2n) is 4.83. The molecule has 0 saturated carbocycles. The molecule has 1 aromatic rings. The Kier molecular flexibility index (Phi) is 7.34. The van der Waals surface area contributed by atoms with E-state index in [1.807, 2.05) is 31.2 Å². The van der Waals surface area contributed by atoms with Crippen LogP contribution in [0.25, 0.3) is 0 Å². The summed E-state index contributed by atoms with van der Waals surface area (Å²) >= 11 is 0. The van der Waals surface area contributed by atoms with Crippen LogP contribution in [0, 0.1) is 5.92 Å².